The van der Waals surface area contributed by atoms with E-state index >= 15 is 0 Å². The zero-order valence-corrected chi connectivity index (χ0v) is 21.7. The molecule has 3 amide bonds. The molecule has 1 heterocycles. The Labute approximate surface area is 224 Å². The molecule has 1 saturated heterocycles. The summed E-state index contributed by atoms with van der Waals surface area (Å²) < 4.78 is 11.4. The maximum atomic E-state index is 12.9. The van der Waals surface area contributed by atoms with Crippen molar-refractivity contribution in [2.24, 2.45) is 0 Å². The number of amides is 3. The Bertz CT molecular complexity index is 1390. The van der Waals surface area contributed by atoms with Gasteiger partial charge in [0.05, 0.1) is 18.1 Å². The average molecular weight is 531 g/mol. The average Bonchev–Trinajstić information content (AvgIpc) is 3.17. The molecule has 0 aliphatic carbocycles. The number of benzene rings is 3. The molecule has 4 rings (SSSR count). The molecule has 0 unspecified atom stereocenters. The van der Waals surface area contributed by atoms with Crippen molar-refractivity contribution in [3.63, 3.8) is 0 Å². The summed E-state index contributed by atoms with van der Waals surface area (Å²) in [5, 5.41) is 2.27. The fraction of sp³-hybridized carbons (Fsp3) is 0.172. The van der Waals surface area contributed by atoms with E-state index in [2.05, 4.69) is 5.32 Å². The number of hydrogen-bond donors (Lipinski definition) is 1. The van der Waals surface area contributed by atoms with Crippen molar-refractivity contribution in [2.75, 3.05) is 25.1 Å². The van der Waals surface area contributed by atoms with Crippen molar-refractivity contribution in [3.05, 3.63) is 94.4 Å². The van der Waals surface area contributed by atoms with Crippen LogP contribution in [0.3, 0.4) is 0 Å². The van der Waals surface area contributed by atoms with Gasteiger partial charge < -0.3 is 14.8 Å². The highest BCUT2D eigenvalue weighted by Crippen LogP contribution is 2.35. The van der Waals surface area contributed by atoms with Crippen LogP contribution in [-0.4, -0.2) is 47.5 Å². The predicted octanol–water partition coefficient (Wildman–Crippen LogP) is 5.33. The summed E-state index contributed by atoms with van der Waals surface area (Å²) >= 11 is 0.774. The lowest BCUT2D eigenvalue weighted by molar-refractivity contribution is -0.122. The first-order chi connectivity index (χ1) is 18.3. The standard InChI is InChI=1S/C29H26N2O6S/c1-3-36-25-15-20(11-14-24(25)37-18-27(33)30-22-12-9-19(2)10-13-22)16-26-28(34)31(29(35)38-26)17-23(32)21-7-5-4-6-8-21/h4-16H,3,17-18H2,1-2H3,(H,30,33)/b26-16-. The van der Waals surface area contributed by atoms with Crippen LogP contribution in [0.1, 0.15) is 28.4 Å². The molecule has 1 aliphatic heterocycles. The number of Topliss-reactive ketones (excluding diaryl/α,β-unsaturated/α-hetero) is 1. The summed E-state index contributed by atoms with van der Waals surface area (Å²) in [6.45, 7) is 3.59. The third-order valence-electron chi connectivity index (χ3n) is 5.53. The Morgan fingerprint density at radius 2 is 1.68 bits per heavy atom. The molecule has 1 N–H and O–H groups in total. The van der Waals surface area contributed by atoms with Crippen LogP contribution in [0.2, 0.25) is 0 Å². The van der Waals surface area contributed by atoms with Crippen molar-refractivity contribution < 1.29 is 28.7 Å². The number of hydrogen-bond acceptors (Lipinski definition) is 7. The molecule has 38 heavy (non-hydrogen) atoms. The Morgan fingerprint density at radius 1 is 0.947 bits per heavy atom. The van der Waals surface area contributed by atoms with Crippen molar-refractivity contribution in [1.29, 1.82) is 0 Å². The highest BCUT2D eigenvalue weighted by Gasteiger charge is 2.36. The van der Waals surface area contributed by atoms with Crippen LogP contribution in [0.5, 0.6) is 11.5 Å². The van der Waals surface area contributed by atoms with Crippen LogP contribution >= 0.6 is 11.8 Å². The van der Waals surface area contributed by atoms with Crippen LogP contribution in [0.15, 0.2) is 77.7 Å². The number of carbonyl (C=O) groups excluding carboxylic acids is 4. The van der Waals surface area contributed by atoms with Gasteiger partial charge in [0, 0.05) is 11.3 Å². The first kappa shape index (κ1) is 26.7. The van der Waals surface area contributed by atoms with Crippen molar-refractivity contribution in [2.45, 2.75) is 13.8 Å². The number of nitrogens with one attached hydrogen (secondary N) is 1. The Hall–Kier alpha value is -4.37. The summed E-state index contributed by atoms with van der Waals surface area (Å²) in [5.41, 5.74) is 2.79. The molecule has 0 atom stereocenters. The molecule has 0 bridgehead atoms. The number of aryl methyl sites for hydroxylation is 1. The van der Waals surface area contributed by atoms with Gasteiger partial charge in [0.2, 0.25) is 0 Å². The lowest BCUT2D eigenvalue weighted by atomic mass is 10.1. The summed E-state index contributed by atoms with van der Waals surface area (Å²) in [6.07, 6.45) is 1.56. The van der Waals surface area contributed by atoms with Gasteiger partial charge in [0.15, 0.2) is 23.9 Å². The van der Waals surface area contributed by atoms with Crippen LogP contribution < -0.4 is 14.8 Å². The van der Waals surface area contributed by atoms with Gasteiger partial charge in [0.1, 0.15) is 0 Å². The molecule has 1 aliphatic rings. The SMILES string of the molecule is CCOc1cc(/C=C2\SC(=O)N(CC(=O)c3ccccc3)C2=O)ccc1OCC(=O)Nc1ccc(C)cc1. The minimum absolute atomic E-state index is 0.199. The zero-order chi connectivity index (χ0) is 27.1. The number of carbonyl (C=O) groups is 4. The van der Waals surface area contributed by atoms with Gasteiger partial charge in [-0.2, -0.15) is 0 Å². The van der Waals surface area contributed by atoms with Crippen LogP contribution in [0, 0.1) is 6.92 Å². The van der Waals surface area contributed by atoms with E-state index in [0.717, 1.165) is 22.2 Å². The van der Waals surface area contributed by atoms with Crippen LogP contribution in [0.25, 0.3) is 6.08 Å². The Kier molecular flexibility index (Phi) is 8.60. The van der Waals surface area contributed by atoms with Crippen molar-refractivity contribution in [3.8, 4) is 11.5 Å². The molecule has 194 valence electrons. The third kappa shape index (κ3) is 6.68. The van der Waals surface area contributed by atoms with Gasteiger partial charge in [0.25, 0.3) is 17.1 Å². The topological polar surface area (TPSA) is 102 Å². The number of nitrogens with zero attached hydrogens (tertiary/aromatic N) is 1. The van der Waals surface area contributed by atoms with Crippen molar-refractivity contribution in [1.82, 2.24) is 4.90 Å². The number of rotatable bonds is 10. The minimum Gasteiger partial charge on any atom is -0.490 e. The molecule has 0 aromatic heterocycles. The quantitative estimate of drug-likeness (QED) is 0.279. The number of imide groups is 1. The van der Waals surface area contributed by atoms with E-state index in [9.17, 15) is 19.2 Å². The summed E-state index contributed by atoms with van der Waals surface area (Å²) in [4.78, 5) is 51.3. The molecule has 0 radical (unpaired) electrons. The number of ketones is 1. The van der Waals surface area contributed by atoms with Crippen LogP contribution in [0.4, 0.5) is 10.5 Å². The molecule has 3 aromatic rings. The highest BCUT2D eigenvalue weighted by atomic mass is 32.2. The van der Waals surface area contributed by atoms with Gasteiger partial charge in [-0.05, 0) is 61.5 Å². The summed E-state index contributed by atoms with van der Waals surface area (Å²) in [5.74, 6) is -0.414. The van der Waals surface area contributed by atoms with Gasteiger partial charge in [-0.25, -0.2) is 0 Å². The van der Waals surface area contributed by atoms with Gasteiger partial charge >= 0.3 is 0 Å². The fourth-order valence-corrected chi connectivity index (χ4v) is 4.46. The zero-order valence-electron chi connectivity index (χ0n) is 20.9. The van der Waals surface area contributed by atoms with Gasteiger partial charge in [-0.15, -0.1) is 0 Å². The molecular formula is C29H26N2O6S. The Balaban J connectivity index is 1.43. The molecular weight excluding hydrogens is 504 g/mol. The van der Waals surface area contributed by atoms with E-state index in [1.165, 1.54) is 0 Å². The predicted molar refractivity (Wildman–Crippen MR) is 146 cm³/mol. The van der Waals surface area contributed by atoms with Crippen LogP contribution in [-0.2, 0) is 9.59 Å². The van der Waals surface area contributed by atoms with Gasteiger partial charge in [-0.3, -0.25) is 24.1 Å². The second kappa shape index (κ2) is 12.2. The number of anilines is 1. The molecule has 0 saturated carbocycles. The largest absolute Gasteiger partial charge is 0.490 e. The maximum Gasteiger partial charge on any atom is 0.293 e. The summed E-state index contributed by atoms with van der Waals surface area (Å²) in [6, 6.07) is 20.9. The van der Waals surface area contributed by atoms with E-state index in [1.54, 1.807) is 54.6 Å². The second-order valence-corrected chi connectivity index (χ2v) is 9.39. The van der Waals surface area contributed by atoms with Crippen molar-refractivity contribution >= 4 is 46.4 Å². The monoisotopic (exact) mass is 530 g/mol. The molecule has 0 spiro atoms. The normalized spacial score (nSPS) is 14.1. The van der Waals surface area contributed by atoms with E-state index in [1.807, 2.05) is 38.1 Å². The lowest BCUT2D eigenvalue weighted by Crippen LogP contribution is -2.33. The van der Waals surface area contributed by atoms with E-state index in [4.69, 9.17) is 9.47 Å². The molecule has 3 aromatic carbocycles. The second-order valence-electron chi connectivity index (χ2n) is 8.40. The number of ether oxygens (including phenoxy) is 2. The number of thioether (sulfide) groups is 1. The molecule has 8 nitrogen and oxygen atoms in total. The first-order valence-corrected chi connectivity index (χ1v) is 12.8. The maximum absolute atomic E-state index is 12.9. The van der Waals surface area contributed by atoms with E-state index in [-0.39, 0.29) is 29.7 Å². The Morgan fingerprint density at radius 3 is 2.39 bits per heavy atom. The highest BCUT2D eigenvalue weighted by molar-refractivity contribution is 8.18. The smallest absolute Gasteiger partial charge is 0.293 e. The first-order valence-electron chi connectivity index (χ1n) is 11.9. The van der Waals surface area contributed by atoms with E-state index < -0.39 is 11.1 Å². The summed E-state index contributed by atoms with van der Waals surface area (Å²) in [7, 11) is 0. The molecule has 9 heteroatoms. The third-order valence-corrected chi connectivity index (χ3v) is 6.44. The fourth-order valence-electron chi connectivity index (χ4n) is 3.63. The lowest BCUT2D eigenvalue weighted by Gasteiger charge is -2.13. The molecule has 1 fully saturated rings. The minimum atomic E-state index is -0.532. The van der Waals surface area contributed by atoms with Gasteiger partial charge in [-0.1, -0.05) is 54.1 Å². The van der Waals surface area contributed by atoms with E-state index in [0.29, 0.717) is 34.9 Å².